The molecule has 37 heavy (non-hydrogen) atoms. The van der Waals surface area contributed by atoms with Gasteiger partial charge in [-0.15, -0.1) is 0 Å². The van der Waals surface area contributed by atoms with Crippen LogP contribution >= 0.6 is 0 Å². The molecule has 4 heterocycles. The van der Waals surface area contributed by atoms with Crippen LogP contribution < -0.4 is 15.5 Å². The molecule has 0 radical (unpaired) electrons. The summed E-state index contributed by atoms with van der Waals surface area (Å²) in [6.45, 7) is 2.19. The van der Waals surface area contributed by atoms with Gasteiger partial charge >= 0.3 is 0 Å². The van der Waals surface area contributed by atoms with Crippen molar-refractivity contribution in [2.75, 3.05) is 29.9 Å². The number of fused-ring (bicyclic) bond motifs is 1. The van der Waals surface area contributed by atoms with Crippen LogP contribution in [0, 0.1) is 5.82 Å². The number of carbonyl (C=O) groups is 1. The fraction of sp³-hybridized carbons (Fsp3) is 0.321. The second kappa shape index (κ2) is 9.91. The van der Waals surface area contributed by atoms with Gasteiger partial charge in [-0.05, 0) is 74.2 Å². The van der Waals surface area contributed by atoms with E-state index >= 15 is 0 Å². The molecule has 1 amide bonds. The molecule has 0 spiro atoms. The van der Waals surface area contributed by atoms with Crippen LogP contribution in [-0.4, -0.2) is 52.8 Å². The monoisotopic (exact) mass is 501 g/mol. The maximum absolute atomic E-state index is 13.8. The van der Waals surface area contributed by atoms with Crippen molar-refractivity contribution in [3.05, 3.63) is 60.7 Å². The van der Waals surface area contributed by atoms with E-state index in [9.17, 15) is 14.3 Å². The molecule has 1 atom stereocenters. The van der Waals surface area contributed by atoms with Gasteiger partial charge < -0.3 is 25.1 Å². The summed E-state index contributed by atoms with van der Waals surface area (Å²) in [7, 11) is 0. The van der Waals surface area contributed by atoms with Gasteiger partial charge in [0, 0.05) is 29.9 Å². The Hall–Kier alpha value is -3.82. The van der Waals surface area contributed by atoms with E-state index in [-0.39, 0.29) is 23.9 Å². The summed E-state index contributed by atoms with van der Waals surface area (Å²) in [5, 5.41) is 16.9. The Balaban J connectivity index is 1.41. The number of aliphatic hydroxyl groups excluding tert-OH is 1. The zero-order chi connectivity index (χ0) is 25.4. The highest BCUT2D eigenvalue weighted by atomic mass is 19.1. The van der Waals surface area contributed by atoms with Crippen LogP contribution in [-0.2, 0) is 4.79 Å². The molecule has 0 aliphatic carbocycles. The van der Waals surface area contributed by atoms with Crippen molar-refractivity contribution in [1.82, 2.24) is 15.3 Å². The Kier molecular flexibility index (Phi) is 6.31. The zero-order valence-electron chi connectivity index (χ0n) is 20.3. The van der Waals surface area contributed by atoms with Crippen LogP contribution in [0.2, 0.25) is 0 Å². The number of hydrogen-bond donors (Lipinski definition) is 3. The number of hydrogen-bond acceptors (Lipinski definition) is 7. The molecular weight excluding hydrogens is 473 g/mol. The van der Waals surface area contributed by atoms with Crippen molar-refractivity contribution in [2.24, 2.45) is 0 Å². The molecule has 2 saturated heterocycles. The average Bonchev–Trinajstić information content (AvgIpc) is 3.59. The Morgan fingerprint density at radius 3 is 2.46 bits per heavy atom. The summed E-state index contributed by atoms with van der Waals surface area (Å²) in [5.41, 5.74) is 3.51. The normalized spacial score (nSPS) is 18.4. The van der Waals surface area contributed by atoms with Crippen LogP contribution in [0.3, 0.4) is 0 Å². The van der Waals surface area contributed by atoms with Gasteiger partial charge in [0.25, 0.3) is 0 Å². The number of carbonyl (C=O) groups excluding carboxylic acids is 1. The minimum atomic E-state index is -0.323. The number of anilines is 2. The summed E-state index contributed by atoms with van der Waals surface area (Å²) in [6, 6.07) is 13.6. The highest BCUT2D eigenvalue weighted by molar-refractivity contribution is 6.06. The fourth-order valence-electron chi connectivity index (χ4n) is 5.17. The predicted octanol–water partition coefficient (Wildman–Crippen LogP) is 4.35. The summed E-state index contributed by atoms with van der Waals surface area (Å²) in [6.07, 6.45) is 4.33. The number of nitrogens with one attached hydrogen (secondary N) is 2. The first-order valence-corrected chi connectivity index (χ1v) is 12.7. The highest BCUT2D eigenvalue weighted by Crippen LogP contribution is 2.44. The molecule has 6 rings (SSSR count). The molecule has 2 aliphatic rings. The first-order valence-electron chi connectivity index (χ1n) is 12.7. The van der Waals surface area contributed by atoms with Crippen LogP contribution in [0.1, 0.15) is 25.7 Å². The number of benzene rings is 2. The van der Waals surface area contributed by atoms with E-state index < -0.39 is 0 Å². The molecule has 0 saturated carbocycles. The molecular formula is C28H28FN5O3. The topological polar surface area (TPSA) is 104 Å². The van der Waals surface area contributed by atoms with Crippen molar-refractivity contribution in [1.29, 1.82) is 0 Å². The smallest absolute Gasteiger partial charge is 0.241 e. The van der Waals surface area contributed by atoms with E-state index in [1.807, 2.05) is 24.3 Å². The predicted molar refractivity (Wildman–Crippen MR) is 140 cm³/mol. The summed E-state index contributed by atoms with van der Waals surface area (Å²) < 4.78 is 20.1. The molecule has 0 unspecified atom stereocenters. The number of halogens is 1. The van der Waals surface area contributed by atoms with Crippen molar-refractivity contribution in [3.63, 3.8) is 0 Å². The maximum atomic E-state index is 13.8. The average molecular weight is 502 g/mol. The van der Waals surface area contributed by atoms with E-state index in [2.05, 4.69) is 25.5 Å². The lowest BCUT2D eigenvalue weighted by Gasteiger charge is -2.30. The second-order valence-corrected chi connectivity index (χ2v) is 9.62. The van der Waals surface area contributed by atoms with Gasteiger partial charge in [0.2, 0.25) is 11.6 Å². The van der Waals surface area contributed by atoms with E-state index in [0.717, 1.165) is 47.3 Å². The van der Waals surface area contributed by atoms with Gasteiger partial charge in [-0.25, -0.2) is 14.4 Å². The Morgan fingerprint density at radius 1 is 1.03 bits per heavy atom. The molecule has 8 nitrogen and oxygen atoms in total. The third-order valence-electron chi connectivity index (χ3n) is 7.16. The number of aliphatic hydroxyl groups is 1. The quantitative estimate of drug-likeness (QED) is 0.374. The summed E-state index contributed by atoms with van der Waals surface area (Å²) >= 11 is 0. The highest BCUT2D eigenvalue weighted by Gasteiger charge is 2.27. The lowest BCUT2D eigenvalue weighted by molar-refractivity contribution is -0.117. The molecule has 190 valence electrons. The van der Waals surface area contributed by atoms with Gasteiger partial charge in [0.1, 0.15) is 23.7 Å². The van der Waals surface area contributed by atoms with Gasteiger partial charge in [0.15, 0.2) is 0 Å². The summed E-state index contributed by atoms with van der Waals surface area (Å²) in [5.74, 6) is 0.971. The zero-order valence-corrected chi connectivity index (χ0v) is 20.3. The SMILES string of the molecule is O=C(Nc1ccc(-c2oc3ncnc(N4CCC(O)CC4)c3c2-c2ccc(F)cc2)cc1)[C@@H]1CCCN1. The lowest BCUT2D eigenvalue weighted by Crippen LogP contribution is -2.36. The number of nitrogens with zero attached hydrogens (tertiary/aromatic N) is 3. The van der Waals surface area contributed by atoms with Gasteiger partial charge in [0.05, 0.1) is 17.5 Å². The standard InChI is InChI=1S/C28H28FN5O3/c29-19-7-3-17(4-8-19)23-24-26(34-14-11-21(35)12-15-34)31-16-32-28(24)37-25(23)18-5-9-20(10-6-18)33-27(36)22-2-1-13-30-22/h3-10,16,21-22,30,35H,1-2,11-15H2,(H,33,36)/t22-/m0/s1. The van der Waals surface area contributed by atoms with Gasteiger partial charge in [-0.3, -0.25) is 4.79 Å². The minimum Gasteiger partial charge on any atom is -0.437 e. The third-order valence-corrected chi connectivity index (χ3v) is 7.16. The molecule has 2 aliphatic heterocycles. The first-order chi connectivity index (χ1) is 18.1. The largest absolute Gasteiger partial charge is 0.437 e. The molecule has 2 aromatic heterocycles. The van der Waals surface area contributed by atoms with Gasteiger partial charge in [-0.1, -0.05) is 12.1 Å². The van der Waals surface area contributed by atoms with Crippen molar-refractivity contribution in [3.8, 4) is 22.5 Å². The third kappa shape index (κ3) is 4.68. The molecule has 2 aromatic carbocycles. The van der Waals surface area contributed by atoms with E-state index in [4.69, 9.17) is 4.42 Å². The number of rotatable bonds is 5. The molecule has 2 fully saturated rings. The first kappa shape index (κ1) is 23.6. The van der Waals surface area contributed by atoms with Crippen molar-refractivity contribution < 1.29 is 18.7 Å². The van der Waals surface area contributed by atoms with Crippen molar-refractivity contribution >= 4 is 28.5 Å². The Bertz CT molecular complexity index is 1410. The van der Waals surface area contributed by atoms with Gasteiger partial charge in [-0.2, -0.15) is 0 Å². The van der Waals surface area contributed by atoms with Crippen LogP contribution in [0.15, 0.2) is 59.3 Å². The van der Waals surface area contributed by atoms with E-state index in [1.165, 1.54) is 18.5 Å². The van der Waals surface area contributed by atoms with E-state index in [1.54, 1.807) is 12.1 Å². The Labute approximate surface area is 213 Å². The summed E-state index contributed by atoms with van der Waals surface area (Å²) in [4.78, 5) is 23.6. The van der Waals surface area contributed by atoms with Crippen LogP contribution in [0.4, 0.5) is 15.9 Å². The van der Waals surface area contributed by atoms with Crippen LogP contribution in [0.5, 0.6) is 0 Å². The van der Waals surface area contributed by atoms with E-state index in [0.29, 0.717) is 43.1 Å². The number of amides is 1. The molecule has 3 N–H and O–H groups in total. The number of furan rings is 1. The molecule has 4 aromatic rings. The fourth-order valence-corrected chi connectivity index (χ4v) is 5.17. The maximum Gasteiger partial charge on any atom is 0.241 e. The second-order valence-electron chi connectivity index (χ2n) is 9.62. The van der Waals surface area contributed by atoms with Crippen molar-refractivity contribution in [2.45, 2.75) is 37.8 Å². The minimum absolute atomic E-state index is 0.0347. The Morgan fingerprint density at radius 2 is 1.76 bits per heavy atom. The number of piperidine rings is 1. The number of aromatic nitrogens is 2. The molecule has 9 heteroatoms. The lowest BCUT2D eigenvalue weighted by atomic mass is 9.98. The molecule has 0 bridgehead atoms. The van der Waals surface area contributed by atoms with Crippen LogP contribution in [0.25, 0.3) is 33.6 Å².